The van der Waals surface area contributed by atoms with Crippen LogP contribution < -0.4 is 14.4 Å². The standard InChI is InChI=1S/C29H30N2O8S/c1-5-8-14-37-19-12-11-18(16-21(19)36-7-3)23-22(24(32)20-10-9-15-38-20)25(33)27(34)31(23)29-30-17(4)26(40-29)28(35)39-13-6-2/h6,9-12,15-16,23,33H,2,5,7-8,13-14H2,1,3-4H3. The third-order valence-electron chi connectivity index (χ3n) is 6.05. The van der Waals surface area contributed by atoms with Gasteiger partial charge in [0.15, 0.2) is 28.1 Å². The Morgan fingerprint density at radius 2 is 2.02 bits per heavy atom. The maximum absolute atomic E-state index is 13.5. The lowest BCUT2D eigenvalue weighted by molar-refractivity contribution is -0.117. The molecule has 1 amide bonds. The average Bonchev–Trinajstić information content (AvgIpc) is 3.67. The average molecular weight is 567 g/mol. The maximum atomic E-state index is 13.5. The molecule has 10 nitrogen and oxygen atoms in total. The van der Waals surface area contributed by atoms with Gasteiger partial charge in [-0.2, -0.15) is 0 Å². The number of nitrogens with zero attached hydrogens (tertiary/aromatic N) is 2. The predicted molar refractivity (Wildman–Crippen MR) is 148 cm³/mol. The van der Waals surface area contributed by atoms with Gasteiger partial charge < -0.3 is 23.7 Å². The van der Waals surface area contributed by atoms with Crippen LogP contribution in [0.15, 0.2) is 65.0 Å². The molecule has 0 bridgehead atoms. The molecule has 3 aromatic rings. The van der Waals surface area contributed by atoms with E-state index in [9.17, 15) is 19.5 Å². The molecule has 1 unspecified atom stereocenters. The van der Waals surface area contributed by atoms with Gasteiger partial charge in [0.05, 0.1) is 36.8 Å². The number of aliphatic hydroxyl groups excluding tert-OH is 1. The third kappa shape index (κ3) is 5.64. The molecule has 0 radical (unpaired) electrons. The van der Waals surface area contributed by atoms with Gasteiger partial charge in [-0.25, -0.2) is 9.78 Å². The molecule has 4 rings (SSSR count). The van der Waals surface area contributed by atoms with E-state index in [4.69, 9.17) is 18.6 Å². The molecule has 0 saturated carbocycles. The Hall–Kier alpha value is -4.38. The zero-order valence-corrected chi connectivity index (χ0v) is 23.3. The second-order valence-electron chi connectivity index (χ2n) is 8.79. The first-order valence-corrected chi connectivity index (χ1v) is 13.6. The van der Waals surface area contributed by atoms with E-state index >= 15 is 0 Å². The van der Waals surface area contributed by atoms with E-state index < -0.39 is 29.5 Å². The number of aliphatic hydroxyl groups is 1. The summed E-state index contributed by atoms with van der Waals surface area (Å²) >= 11 is 0.919. The Labute approximate surface area is 235 Å². The Kier molecular flexibility index (Phi) is 9.05. The number of hydrogen-bond acceptors (Lipinski definition) is 10. The normalized spacial score (nSPS) is 14.9. The first kappa shape index (κ1) is 28.6. The molecule has 210 valence electrons. The van der Waals surface area contributed by atoms with Crippen LogP contribution in [0.25, 0.3) is 0 Å². The van der Waals surface area contributed by atoms with Gasteiger partial charge in [-0.05, 0) is 50.1 Å². The van der Waals surface area contributed by atoms with Gasteiger partial charge in [0.2, 0.25) is 5.78 Å². The number of ether oxygens (including phenoxy) is 3. The van der Waals surface area contributed by atoms with E-state index in [-0.39, 0.29) is 27.9 Å². The molecule has 40 heavy (non-hydrogen) atoms. The number of Topliss-reactive ketones (excluding diaryl/α,β-unsaturated/α-hetero) is 1. The first-order chi connectivity index (χ1) is 19.3. The van der Waals surface area contributed by atoms with Crippen molar-refractivity contribution in [2.75, 3.05) is 24.7 Å². The number of rotatable bonds is 13. The summed E-state index contributed by atoms with van der Waals surface area (Å²) in [6, 6.07) is 6.96. The quantitative estimate of drug-likeness (QED) is 0.119. The number of unbranched alkanes of at least 4 members (excludes halogenated alkanes) is 1. The van der Waals surface area contributed by atoms with Crippen molar-refractivity contribution in [3.63, 3.8) is 0 Å². The van der Waals surface area contributed by atoms with E-state index in [2.05, 4.69) is 18.5 Å². The second-order valence-corrected chi connectivity index (χ2v) is 9.76. The summed E-state index contributed by atoms with van der Waals surface area (Å²) in [5.41, 5.74) is 0.605. The topological polar surface area (TPSA) is 128 Å². The van der Waals surface area contributed by atoms with Gasteiger partial charge in [-0.1, -0.05) is 43.4 Å². The molecule has 0 saturated heterocycles. The molecule has 11 heteroatoms. The van der Waals surface area contributed by atoms with Crippen molar-refractivity contribution < 1.29 is 38.1 Å². The molecular weight excluding hydrogens is 536 g/mol. The van der Waals surface area contributed by atoms with Gasteiger partial charge in [0.25, 0.3) is 5.91 Å². The predicted octanol–water partition coefficient (Wildman–Crippen LogP) is 5.75. The van der Waals surface area contributed by atoms with Crippen LogP contribution >= 0.6 is 11.3 Å². The molecular formula is C29H30N2O8S. The smallest absolute Gasteiger partial charge is 0.350 e. The highest BCUT2D eigenvalue weighted by molar-refractivity contribution is 7.17. The fourth-order valence-electron chi connectivity index (χ4n) is 4.17. The van der Waals surface area contributed by atoms with Crippen molar-refractivity contribution in [3.05, 3.63) is 82.5 Å². The fourth-order valence-corrected chi connectivity index (χ4v) is 5.16. The van der Waals surface area contributed by atoms with Gasteiger partial charge in [0.1, 0.15) is 11.5 Å². The molecule has 0 aliphatic carbocycles. The molecule has 1 atom stereocenters. The van der Waals surface area contributed by atoms with E-state index in [1.54, 1.807) is 25.1 Å². The van der Waals surface area contributed by atoms with Crippen LogP contribution in [0.3, 0.4) is 0 Å². The summed E-state index contributed by atoms with van der Waals surface area (Å²) < 4.78 is 22.2. The molecule has 0 fully saturated rings. The highest BCUT2D eigenvalue weighted by Gasteiger charge is 2.47. The van der Waals surface area contributed by atoms with Crippen molar-refractivity contribution in [2.24, 2.45) is 0 Å². The number of esters is 1. The zero-order valence-electron chi connectivity index (χ0n) is 22.5. The van der Waals surface area contributed by atoms with Crippen LogP contribution in [-0.2, 0) is 9.53 Å². The van der Waals surface area contributed by atoms with E-state index in [1.807, 2.05) is 6.92 Å². The van der Waals surface area contributed by atoms with Crippen LogP contribution in [0.1, 0.15) is 64.2 Å². The monoisotopic (exact) mass is 566 g/mol. The molecule has 0 spiro atoms. The lowest BCUT2D eigenvalue weighted by Crippen LogP contribution is -2.31. The highest BCUT2D eigenvalue weighted by atomic mass is 32.1. The van der Waals surface area contributed by atoms with E-state index in [0.29, 0.717) is 36.0 Å². The van der Waals surface area contributed by atoms with Crippen LogP contribution in [-0.4, -0.2) is 47.6 Å². The first-order valence-electron chi connectivity index (χ1n) is 12.8. The van der Waals surface area contributed by atoms with Crippen LogP contribution in [0.4, 0.5) is 5.13 Å². The highest BCUT2D eigenvalue weighted by Crippen LogP contribution is 2.45. The summed E-state index contributed by atoms with van der Waals surface area (Å²) in [4.78, 5) is 45.4. The van der Waals surface area contributed by atoms with Crippen LogP contribution in [0, 0.1) is 6.92 Å². The fraction of sp³-hybridized carbons (Fsp3) is 0.310. The summed E-state index contributed by atoms with van der Waals surface area (Å²) in [5.74, 6) is -1.99. The van der Waals surface area contributed by atoms with Gasteiger partial charge >= 0.3 is 5.97 Å². The summed E-state index contributed by atoms with van der Waals surface area (Å²) in [6.07, 6.45) is 4.59. The van der Waals surface area contributed by atoms with E-state index in [0.717, 1.165) is 24.2 Å². The molecule has 1 aliphatic heterocycles. The summed E-state index contributed by atoms with van der Waals surface area (Å²) in [7, 11) is 0. The Morgan fingerprint density at radius 1 is 1.23 bits per heavy atom. The SMILES string of the molecule is C=CCOC(=O)c1sc(N2C(=O)C(O)=C(C(=O)c3ccco3)C2c2ccc(OCCCC)c(OCC)c2)nc1C. The molecule has 1 aliphatic rings. The molecule has 2 aromatic heterocycles. The number of amides is 1. The largest absolute Gasteiger partial charge is 0.503 e. The zero-order chi connectivity index (χ0) is 28.8. The number of furan rings is 1. The maximum Gasteiger partial charge on any atom is 0.350 e. The van der Waals surface area contributed by atoms with Crippen LogP contribution in [0.2, 0.25) is 0 Å². The Balaban J connectivity index is 1.83. The van der Waals surface area contributed by atoms with Gasteiger partial charge in [0, 0.05) is 0 Å². The molecule has 1 N–H and O–H groups in total. The van der Waals surface area contributed by atoms with Crippen molar-refractivity contribution in [2.45, 2.75) is 39.7 Å². The minimum absolute atomic E-state index is 0.00774. The number of ketones is 1. The second kappa shape index (κ2) is 12.6. The van der Waals surface area contributed by atoms with Crippen molar-refractivity contribution in [1.82, 2.24) is 4.98 Å². The van der Waals surface area contributed by atoms with Crippen molar-refractivity contribution >= 4 is 34.1 Å². The number of anilines is 1. The molecule has 3 heterocycles. The third-order valence-corrected chi connectivity index (χ3v) is 7.18. The lowest BCUT2D eigenvalue weighted by atomic mass is 9.95. The van der Waals surface area contributed by atoms with Crippen molar-refractivity contribution in [1.29, 1.82) is 0 Å². The number of carbonyl (C=O) groups is 3. The van der Waals surface area contributed by atoms with Crippen LogP contribution in [0.5, 0.6) is 11.5 Å². The lowest BCUT2D eigenvalue weighted by Gasteiger charge is -2.25. The summed E-state index contributed by atoms with van der Waals surface area (Å²) in [5, 5.41) is 11.1. The number of thiazole rings is 1. The number of aromatic nitrogens is 1. The minimum Gasteiger partial charge on any atom is -0.503 e. The van der Waals surface area contributed by atoms with Crippen molar-refractivity contribution in [3.8, 4) is 11.5 Å². The Bertz CT molecular complexity index is 1440. The number of carbonyl (C=O) groups excluding carboxylic acids is 3. The molecule has 1 aromatic carbocycles. The number of aryl methyl sites for hydroxylation is 1. The van der Waals surface area contributed by atoms with E-state index in [1.165, 1.54) is 29.4 Å². The van der Waals surface area contributed by atoms with Gasteiger partial charge in [-0.3, -0.25) is 14.5 Å². The van der Waals surface area contributed by atoms with Gasteiger partial charge in [-0.15, -0.1) is 0 Å². The number of benzene rings is 1. The number of hydrogen-bond donors (Lipinski definition) is 1. The Morgan fingerprint density at radius 3 is 2.70 bits per heavy atom. The summed E-state index contributed by atoms with van der Waals surface area (Å²) in [6.45, 7) is 9.89. The minimum atomic E-state index is -1.10.